The van der Waals surface area contributed by atoms with Crippen LogP contribution in [0.25, 0.3) is 0 Å². The van der Waals surface area contributed by atoms with Crippen molar-refractivity contribution in [3.05, 3.63) is 46.2 Å². The fraction of sp³-hybridized carbons (Fsp3) is 0.682. The quantitative estimate of drug-likeness (QED) is 0.814. The minimum absolute atomic E-state index is 0.0749. The lowest BCUT2D eigenvalue weighted by Gasteiger charge is -2.31. The number of hydrogen-bond acceptors (Lipinski definition) is 4. The first-order chi connectivity index (χ1) is 13.4. The monoisotopic (exact) mass is 383 g/mol. The van der Waals surface area contributed by atoms with E-state index in [0.29, 0.717) is 5.92 Å². The summed E-state index contributed by atoms with van der Waals surface area (Å²) < 4.78 is 4.13. The molecule has 2 aromatic heterocycles. The minimum Gasteiger partial charge on any atom is -0.335 e. The Hall–Kier alpha value is -1.95. The highest BCUT2D eigenvalue weighted by atomic mass is 16.1. The van der Waals surface area contributed by atoms with Gasteiger partial charge in [-0.1, -0.05) is 20.8 Å². The maximum Gasteiger partial charge on any atom is 0.253 e. The summed E-state index contributed by atoms with van der Waals surface area (Å²) in [4.78, 5) is 24.3. The van der Waals surface area contributed by atoms with Crippen LogP contribution in [-0.4, -0.2) is 37.1 Å². The molecule has 0 atom stereocenters. The molecule has 0 aliphatic carbocycles. The topological polar surface area (TPSA) is 56.0 Å². The third-order valence-corrected chi connectivity index (χ3v) is 6.15. The molecule has 0 radical (unpaired) electrons. The molecule has 2 aromatic rings. The van der Waals surface area contributed by atoms with E-state index in [9.17, 15) is 4.79 Å². The first-order valence-corrected chi connectivity index (χ1v) is 10.7. The number of hydrogen-bond donors (Lipinski definition) is 0. The van der Waals surface area contributed by atoms with Crippen molar-refractivity contribution in [3.8, 4) is 0 Å². The summed E-state index contributed by atoms with van der Waals surface area (Å²) in [5.74, 6) is 1.81. The van der Waals surface area contributed by atoms with Crippen molar-refractivity contribution in [2.45, 2.75) is 77.9 Å². The summed E-state index contributed by atoms with van der Waals surface area (Å²) in [7, 11) is 0. The average molecular weight is 384 g/mol. The number of aromatic nitrogens is 4. The van der Waals surface area contributed by atoms with Gasteiger partial charge < -0.3 is 4.57 Å². The van der Waals surface area contributed by atoms with Gasteiger partial charge in [-0.05, 0) is 44.7 Å². The van der Waals surface area contributed by atoms with Gasteiger partial charge in [0.25, 0.3) is 5.56 Å². The van der Waals surface area contributed by atoms with Crippen LogP contribution in [0.5, 0.6) is 0 Å². The number of likely N-dealkylation sites (tertiary alicyclic amines) is 1. The van der Waals surface area contributed by atoms with Crippen LogP contribution in [0.3, 0.4) is 0 Å². The summed E-state index contributed by atoms with van der Waals surface area (Å²) in [6.45, 7) is 11.3. The predicted molar refractivity (Wildman–Crippen MR) is 110 cm³/mol. The van der Waals surface area contributed by atoms with Crippen molar-refractivity contribution < 1.29 is 0 Å². The Balaban J connectivity index is 1.31. The van der Waals surface area contributed by atoms with Crippen LogP contribution in [0, 0.1) is 5.92 Å². The summed E-state index contributed by atoms with van der Waals surface area (Å²) in [5.41, 5.74) is 2.07. The van der Waals surface area contributed by atoms with E-state index >= 15 is 0 Å². The summed E-state index contributed by atoms with van der Waals surface area (Å²) in [6.07, 6.45) is 9.92. The summed E-state index contributed by atoms with van der Waals surface area (Å²) in [6, 6.07) is 1.70. The van der Waals surface area contributed by atoms with Crippen LogP contribution in [-0.2, 0) is 31.5 Å². The molecule has 1 saturated heterocycles. The zero-order valence-electron chi connectivity index (χ0n) is 17.5. The second-order valence-electron chi connectivity index (χ2n) is 9.53. The Morgan fingerprint density at radius 3 is 2.61 bits per heavy atom. The minimum atomic E-state index is -0.0874. The van der Waals surface area contributed by atoms with Crippen LogP contribution < -0.4 is 5.56 Å². The first kappa shape index (κ1) is 19.4. The third kappa shape index (κ3) is 4.37. The standard InChI is InChI=1S/C22H33N5O/c1-22(2,3)19-12-21(28)27(16-23-19)13-17-7-10-25(11-8-17)14-18-15-26-9-5-4-6-20(26)24-18/h12,15-17H,4-11,13-14H2,1-3H3. The molecule has 28 heavy (non-hydrogen) atoms. The summed E-state index contributed by atoms with van der Waals surface area (Å²) >= 11 is 0. The molecule has 2 aliphatic heterocycles. The van der Waals surface area contributed by atoms with Gasteiger partial charge >= 0.3 is 0 Å². The number of fused-ring (bicyclic) bond motifs is 1. The lowest BCUT2D eigenvalue weighted by atomic mass is 9.92. The Bertz CT molecular complexity index is 844. The third-order valence-electron chi connectivity index (χ3n) is 6.15. The highest BCUT2D eigenvalue weighted by Crippen LogP contribution is 2.22. The Morgan fingerprint density at radius 1 is 1.14 bits per heavy atom. The number of nitrogens with zero attached hydrogens (tertiary/aromatic N) is 5. The van der Waals surface area contributed by atoms with Crippen molar-refractivity contribution in [1.29, 1.82) is 0 Å². The molecule has 6 nitrogen and oxygen atoms in total. The Labute approximate surface area is 167 Å². The highest BCUT2D eigenvalue weighted by Gasteiger charge is 2.22. The predicted octanol–water partition coefficient (Wildman–Crippen LogP) is 2.99. The SMILES string of the molecule is CC(C)(C)c1cc(=O)n(CC2CCN(Cc3cn4c(n3)CCCC4)CC2)cn1. The summed E-state index contributed by atoms with van der Waals surface area (Å²) in [5, 5.41) is 0. The molecule has 0 spiro atoms. The van der Waals surface area contributed by atoms with E-state index in [-0.39, 0.29) is 11.0 Å². The van der Waals surface area contributed by atoms with Gasteiger partial charge in [0.2, 0.25) is 0 Å². The maximum atomic E-state index is 12.5. The normalized spacial score (nSPS) is 19.0. The van der Waals surface area contributed by atoms with Gasteiger partial charge in [0.15, 0.2) is 0 Å². The zero-order valence-corrected chi connectivity index (χ0v) is 17.5. The molecular weight excluding hydrogens is 350 g/mol. The molecule has 6 heteroatoms. The molecule has 4 rings (SSSR count). The molecule has 2 aliphatic rings. The van der Waals surface area contributed by atoms with E-state index in [0.717, 1.165) is 57.7 Å². The van der Waals surface area contributed by atoms with Crippen LogP contribution in [0.2, 0.25) is 0 Å². The van der Waals surface area contributed by atoms with Crippen molar-refractivity contribution >= 4 is 0 Å². The Morgan fingerprint density at radius 2 is 1.93 bits per heavy atom. The van der Waals surface area contributed by atoms with E-state index < -0.39 is 0 Å². The zero-order chi connectivity index (χ0) is 19.7. The van der Waals surface area contributed by atoms with Crippen LogP contribution in [0.4, 0.5) is 0 Å². The van der Waals surface area contributed by atoms with E-state index in [1.807, 2.05) is 0 Å². The number of aryl methyl sites for hydroxylation is 2. The number of piperidine rings is 1. The largest absolute Gasteiger partial charge is 0.335 e. The van der Waals surface area contributed by atoms with Crippen molar-refractivity contribution in [1.82, 2.24) is 24.0 Å². The fourth-order valence-electron chi connectivity index (χ4n) is 4.36. The second kappa shape index (κ2) is 7.82. The van der Waals surface area contributed by atoms with Gasteiger partial charge in [0, 0.05) is 43.7 Å². The number of rotatable bonds is 4. The van der Waals surface area contributed by atoms with Crippen molar-refractivity contribution in [2.24, 2.45) is 5.92 Å². The molecule has 0 N–H and O–H groups in total. The Kier molecular flexibility index (Phi) is 5.41. The average Bonchev–Trinajstić information content (AvgIpc) is 3.06. The van der Waals surface area contributed by atoms with Gasteiger partial charge in [0.05, 0.1) is 17.7 Å². The molecule has 0 aromatic carbocycles. The van der Waals surface area contributed by atoms with Gasteiger partial charge in [-0.25, -0.2) is 9.97 Å². The lowest BCUT2D eigenvalue weighted by molar-refractivity contribution is 0.164. The van der Waals surface area contributed by atoms with Crippen molar-refractivity contribution in [2.75, 3.05) is 13.1 Å². The van der Waals surface area contributed by atoms with E-state index in [1.165, 1.54) is 24.4 Å². The fourth-order valence-corrected chi connectivity index (χ4v) is 4.36. The molecule has 1 fully saturated rings. The molecule has 0 bridgehead atoms. The first-order valence-electron chi connectivity index (χ1n) is 10.7. The van der Waals surface area contributed by atoms with E-state index in [4.69, 9.17) is 4.98 Å². The van der Waals surface area contributed by atoms with Crippen molar-refractivity contribution in [3.63, 3.8) is 0 Å². The van der Waals surface area contributed by atoms with Crippen LogP contribution in [0.1, 0.15) is 63.7 Å². The molecular formula is C22H33N5O. The van der Waals surface area contributed by atoms with Crippen LogP contribution in [0.15, 0.2) is 23.4 Å². The number of imidazole rings is 1. The molecule has 0 saturated carbocycles. The van der Waals surface area contributed by atoms with E-state index in [2.05, 4.69) is 41.4 Å². The molecule has 152 valence electrons. The van der Waals surface area contributed by atoms with Gasteiger partial charge in [-0.15, -0.1) is 0 Å². The maximum absolute atomic E-state index is 12.5. The highest BCUT2D eigenvalue weighted by molar-refractivity contribution is 5.10. The van der Waals surface area contributed by atoms with Gasteiger partial charge in [-0.3, -0.25) is 14.3 Å². The molecule has 0 amide bonds. The van der Waals surface area contributed by atoms with Gasteiger partial charge in [0.1, 0.15) is 5.82 Å². The van der Waals surface area contributed by atoms with E-state index in [1.54, 1.807) is 17.0 Å². The smallest absolute Gasteiger partial charge is 0.253 e. The molecule has 4 heterocycles. The lowest BCUT2D eigenvalue weighted by Crippen LogP contribution is -2.36. The van der Waals surface area contributed by atoms with Crippen LogP contribution >= 0.6 is 0 Å². The second-order valence-corrected chi connectivity index (χ2v) is 9.53. The molecule has 0 unspecified atom stereocenters. The van der Waals surface area contributed by atoms with Gasteiger partial charge in [-0.2, -0.15) is 0 Å².